The maximum absolute atomic E-state index is 13.1. The van der Waals surface area contributed by atoms with Crippen LogP contribution in [0.3, 0.4) is 0 Å². The third-order valence-electron chi connectivity index (χ3n) is 6.05. The van der Waals surface area contributed by atoms with Crippen LogP contribution in [0.5, 0.6) is 11.5 Å². The molecule has 1 aromatic carbocycles. The number of aliphatic hydroxyl groups excluding tert-OH is 3. The Bertz CT molecular complexity index is 1000. The van der Waals surface area contributed by atoms with Crippen LogP contribution in [0.4, 0.5) is 0 Å². The Balaban J connectivity index is 2.49. The minimum Gasteiger partial charge on any atom is -0.493 e. The lowest BCUT2D eigenvalue weighted by Crippen LogP contribution is -2.56. The van der Waals surface area contributed by atoms with Crippen molar-refractivity contribution in [3.63, 3.8) is 0 Å². The van der Waals surface area contributed by atoms with Crippen LogP contribution in [-0.2, 0) is 25.7 Å². The minimum atomic E-state index is -1.29. The fraction of sp³-hybridized carbons (Fsp3) is 0.577. The normalized spacial score (nSPS) is 18.9. The predicted octanol–water partition coefficient (Wildman–Crippen LogP) is 0.942. The van der Waals surface area contributed by atoms with Crippen molar-refractivity contribution in [3.05, 3.63) is 32.9 Å². The molecule has 212 valence electrons. The molecule has 3 atom stereocenters. The number of hydrogen-bond acceptors (Lipinski definition) is 9. The molecule has 0 radical (unpaired) electrons. The molecule has 1 aromatic rings. The number of ether oxygens (including phenoxy) is 3. The van der Waals surface area contributed by atoms with Crippen LogP contribution in [-0.4, -0.2) is 96.1 Å². The summed E-state index contributed by atoms with van der Waals surface area (Å²) in [7, 11) is 1.44. The summed E-state index contributed by atoms with van der Waals surface area (Å²) in [6.07, 6.45) is -0.486. The molecular weight excluding hydrogens is 611 g/mol. The van der Waals surface area contributed by atoms with E-state index in [1.807, 2.05) is 29.5 Å². The standard InChI is InChI=1S/C26H37IN2O9/c1-4-20(32)26(35)29(8-6-10-37-5-2)19-13-17(25(34)28-7-9-30)14-21(23(19)33)38-24-18(27)11-16(15-31)12-22(24)36-3/h11-12,14,19,21,23,30-31,33H,4-10,13,15H2,1-3H3,(H,28,34)/t19-,21+,23+/m1/s1. The monoisotopic (exact) mass is 648 g/mol. The number of ketones is 1. The van der Waals surface area contributed by atoms with Crippen molar-refractivity contribution in [1.82, 2.24) is 10.2 Å². The first-order valence-corrected chi connectivity index (χ1v) is 13.6. The fourth-order valence-electron chi connectivity index (χ4n) is 4.11. The van der Waals surface area contributed by atoms with Gasteiger partial charge in [-0.1, -0.05) is 6.92 Å². The number of benzene rings is 1. The Kier molecular flexibility index (Phi) is 13.4. The van der Waals surface area contributed by atoms with E-state index in [4.69, 9.17) is 19.3 Å². The highest BCUT2D eigenvalue weighted by Crippen LogP contribution is 2.37. The lowest BCUT2D eigenvalue weighted by molar-refractivity contribution is -0.149. The van der Waals surface area contributed by atoms with Gasteiger partial charge in [-0.2, -0.15) is 0 Å². The zero-order valence-electron chi connectivity index (χ0n) is 21.9. The first kappa shape index (κ1) is 32.0. The van der Waals surface area contributed by atoms with E-state index in [0.717, 1.165) is 0 Å². The van der Waals surface area contributed by atoms with Crippen LogP contribution in [0, 0.1) is 3.57 Å². The number of amides is 2. The Hall–Kier alpha value is -2.26. The molecule has 38 heavy (non-hydrogen) atoms. The first-order valence-electron chi connectivity index (χ1n) is 12.5. The van der Waals surface area contributed by atoms with Gasteiger partial charge in [0.25, 0.3) is 5.91 Å². The van der Waals surface area contributed by atoms with Crippen LogP contribution in [0.25, 0.3) is 0 Å². The number of rotatable bonds is 15. The van der Waals surface area contributed by atoms with E-state index in [1.54, 1.807) is 19.1 Å². The second-order valence-corrected chi connectivity index (χ2v) is 9.77. The van der Waals surface area contributed by atoms with Crippen molar-refractivity contribution in [1.29, 1.82) is 0 Å². The number of carbonyl (C=O) groups excluding carboxylic acids is 3. The molecule has 0 heterocycles. The first-order chi connectivity index (χ1) is 18.2. The van der Waals surface area contributed by atoms with Gasteiger partial charge in [-0.05, 0) is 59.7 Å². The summed E-state index contributed by atoms with van der Waals surface area (Å²) >= 11 is 2.02. The second-order valence-electron chi connectivity index (χ2n) is 8.61. The van der Waals surface area contributed by atoms with E-state index in [1.165, 1.54) is 18.1 Å². The molecule has 2 rings (SSSR count). The highest BCUT2D eigenvalue weighted by molar-refractivity contribution is 14.1. The van der Waals surface area contributed by atoms with E-state index in [9.17, 15) is 24.6 Å². The number of hydrogen-bond donors (Lipinski definition) is 4. The van der Waals surface area contributed by atoms with Gasteiger partial charge >= 0.3 is 0 Å². The molecule has 1 aliphatic rings. The zero-order valence-corrected chi connectivity index (χ0v) is 24.1. The van der Waals surface area contributed by atoms with Crippen molar-refractivity contribution in [2.75, 3.05) is 40.0 Å². The Labute approximate surface area is 236 Å². The molecule has 1 aliphatic carbocycles. The molecule has 0 spiro atoms. The van der Waals surface area contributed by atoms with Gasteiger partial charge in [-0.3, -0.25) is 14.4 Å². The number of methoxy groups -OCH3 is 1. The highest BCUT2D eigenvalue weighted by atomic mass is 127. The minimum absolute atomic E-state index is 0.00415. The zero-order chi connectivity index (χ0) is 28.2. The number of halogens is 1. The van der Waals surface area contributed by atoms with Crippen molar-refractivity contribution >= 4 is 40.2 Å². The fourth-order valence-corrected chi connectivity index (χ4v) is 4.90. The van der Waals surface area contributed by atoms with Crippen molar-refractivity contribution in [2.45, 2.75) is 58.0 Å². The average Bonchev–Trinajstić information content (AvgIpc) is 2.92. The second kappa shape index (κ2) is 16.0. The summed E-state index contributed by atoms with van der Waals surface area (Å²) in [5.74, 6) is -1.22. The molecule has 0 saturated carbocycles. The van der Waals surface area contributed by atoms with Gasteiger partial charge in [0.15, 0.2) is 11.5 Å². The van der Waals surface area contributed by atoms with E-state index < -0.39 is 35.8 Å². The molecule has 11 nitrogen and oxygen atoms in total. The van der Waals surface area contributed by atoms with E-state index in [-0.39, 0.29) is 44.7 Å². The summed E-state index contributed by atoms with van der Waals surface area (Å²) in [6, 6.07) is 2.37. The Morgan fingerprint density at radius 1 is 1.21 bits per heavy atom. The molecule has 0 fully saturated rings. The maximum atomic E-state index is 13.1. The van der Waals surface area contributed by atoms with E-state index >= 15 is 0 Å². The van der Waals surface area contributed by atoms with Crippen LogP contribution >= 0.6 is 22.6 Å². The van der Waals surface area contributed by atoms with Gasteiger partial charge in [0.2, 0.25) is 11.7 Å². The maximum Gasteiger partial charge on any atom is 0.290 e. The molecule has 4 N–H and O–H groups in total. The van der Waals surface area contributed by atoms with Crippen LogP contribution < -0.4 is 14.8 Å². The van der Waals surface area contributed by atoms with E-state index in [2.05, 4.69) is 5.32 Å². The average molecular weight is 648 g/mol. The molecule has 0 aliphatic heterocycles. The SMILES string of the molecule is CCOCCCN(C(=O)C(=O)CC)[C@@H]1CC(C(=O)NCCO)=C[C@H](Oc2c(I)cc(CO)cc2OC)[C@H]1O. The summed E-state index contributed by atoms with van der Waals surface area (Å²) < 4.78 is 17.6. The van der Waals surface area contributed by atoms with Gasteiger partial charge in [-0.15, -0.1) is 0 Å². The highest BCUT2D eigenvalue weighted by Gasteiger charge is 2.41. The summed E-state index contributed by atoms with van der Waals surface area (Å²) in [6.45, 7) is 3.98. The van der Waals surface area contributed by atoms with Gasteiger partial charge in [0.1, 0.15) is 12.2 Å². The third kappa shape index (κ3) is 8.37. The molecule has 2 amide bonds. The van der Waals surface area contributed by atoms with Crippen LogP contribution in [0.15, 0.2) is 23.8 Å². The van der Waals surface area contributed by atoms with Crippen molar-refractivity contribution in [3.8, 4) is 11.5 Å². The molecule has 0 saturated heterocycles. The third-order valence-corrected chi connectivity index (χ3v) is 6.85. The summed E-state index contributed by atoms with van der Waals surface area (Å²) in [5.41, 5.74) is 0.843. The van der Waals surface area contributed by atoms with Gasteiger partial charge in [-0.25, -0.2) is 0 Å². The number of nitrogens with zero attached hydrogens (tertiary/aromatic N) is 1. The topological polar surface area (TPSA) is 155 Å². The molecular formula is C26H37IN2O9. The summed E-state index contributed by atoms with van der Waals surface area (Å²) in [4.78, 5) is 39.7. The smallest absolute Gasteiger partial charge is 0.290 e. The molecule has 0 bridgehead atoms. The lowest BCUT2D eigenvalue weighted by atomic mass is 9.87. The molecule has 0 aromatic heterocycles. The van der Waals surface area contributed by atoms with Gasteiger partial charge in [0, 0.05) is 44.7 Å². The van der Waals surface area contributed by atoms with E-state index in [0.29, 0.717) is 40.3 Å². The van der Waals surface area contributed by atoms with Gasteiger partial charge in [0.05, 0.1) is 29.9 Å². The van der Waals surface area contributed by atoms with Gasteiger partial charge < -0.3 is 39.7 Å². The number of nitrogens with one attached hydrogen (secondary N) is 1. The van der Waals surface area contributed by atoms with Crippen molar-refractivity contribution < 1.29 is 43.9 Å². The Morgan fingerprint density at radius 3 is 2.55 bits per heavy atom. The number of carbonyl (C=O) groups is 3. The lowest BCUT2D eigenvalue weighted by Gasteiger charge is -2.40. The number of aliphatic hydroxyl groups is 3. The molecule has 0 unspecified atom stereocenters. The largest absolute Gasteiger partial charge is 0.493 e. The predicted molar refractivity (Wildman–Crippen MR) is 147 cm³/mol. The summed E-state index contributed by atoms with van der Waals surface area (Å²) in [5, 5.41) is 32.7. The quantitative estimate of drug-likeness (QED) is 0.124. The Morgan fingerprint density at radius 2 is 1.95 bits per heavy atom. The van der Waals surface area contributed by atoms with Crippen LogP contribution in [0.2, 0.25) is 0 Å². The molecule has 12 heteroatoms. The van der Waals surface area contributed by atoms with Crippen molar-refractivity contribution in [2.24, 2.45) is 0 Å². The van der Waals surface area contributed by atoms with Crippen LogP contribution in [0.1, 0.15) is 38.7 Å². The number of Topliss-reactive ketones (excluding diaryl/α,β-unsaturated/α-hetero) is 1.